The first kappa shape index (κ1) is 13.2. The first-order valence-corrected chi connectivity index (χ1v) is 6.57. The van der Waals surface area contributed by atoms with Crippen molar-refractivity contribution in [1.82, 2.24) is 14.6 Å². The number of aromatic nitrogens is 3. The highest BCUT2D eigenvalue weighted by molar-refractivity contribution is 7.99. The van der Waals surface area contributed by atoms with Gasteiger partial charge in [0.1, 0.15) is 0 Å². The molecular weight excluding hydrogens is 296 g/mol. The van der Waals surface area contributed by atoms with E-state index in [9.17, 15) is 14.4 Å². The van der Waals surface area contributed by atoms with Crippen molar-refractivity contribution >= 4 is 23.4 Å². The Hall–Kier alpha value is -2.81. The van der Waals surface area contributed by atoms with Gasteiger partial charge in [-0.15, -0.1) is 0 Å². The van der Waals surface area contributed by atoms with E-state index in [1.165, 1.54) is 23.9 Å². The fraction of sp³-hybridized carbons (Fsp3) is 0. The summed E-state index contributed by atoms with van der Waals surface area (Å²) >= 11 is 1.29. The summed E-state index contributed by atoms with van der Waals surface area (Å²) in [5.74, 6) is -1.16. The van der Waals surface area contributed by atoms with Crippen LogP contribution in [-0.2, 0) is 0 Å². The van der Waals surface area contributed by atoms with E-state index < -0.39 is 17.1 Å². The van der Waals surface area contributed by atoms with Crippen molar-refractivity contribution in [3.8, 4) is 0 Å². The lowest BCUT2D eigenvalue weighted by Crippen LogP contribution is -2.12. The number of hydrogen-bond donors (Lipinski definition) is 3. The number of imidazole rings is 1. The van der Waals surface area contributed by atoms with Crippen molar-refractivity contribution in [2.75, 3.05) is 5.43 Å². The molecular formula is C12H8N4O4S. The molecule has 3 rings (SSSR count). The maximum absolute atomic E-state index is 11.2. The SMILES string of the molecule is O=C(O)c1ccc(Sc2ncc[nH]2)cc1Nn1c(=O)c1=O. The van der Waals surface area contributed by atoms with Crippen LogP contribution in [-0.4, -0.2) is 25.7 Å². The number of carboxylic acid groups (broad SMARTS) is 1. The van der Waals surface area contributed by atoms with E-state index in [-0.39, 0.29) is 11.3 Å². The molecule has 2 heterocycles. The first-order valence-electron chi connectivity index (χ1n) is 5.76. The average molecular weight is 304 g/mol. The van der Waals surface area contributed by atoms with Crippen LogP contribution in [0.15, 0.2) is 50.2 Å². The third kappa shape index (κ3) is 2.58. The summed E-state index contributed by atoms with van der Waals surface area (Å²) in [6.45, 7) is 0. The van der Waals surface area contributed by atoms with Crippen LogP contribution in [0.5, 0.6) is 0 Å². The van der Waals surface area contributed by atoms with Gasteiger partial charge in [0, 0.05) is 17.3 Å². The van der Waals surface area contributed by atoms with Gasteiger partial charge in [0.05, 0.1) is 11.3 Å². The number of nitrogens with zero attached hydrogens (tertiary/aromatic N) is 2. The Morgan fingerprint density at radius 2 is 2.10 bits per heavy atom. The van der Waals surface area contributed by atoms with Gasteiger partial charge in [-0.1, -0.05) is 11.8 Å². The molecule has 0 aliphatic heterocycles. The largest absolute Gasteiger partial charge is 0.478 e. The molecule has 0 fully saturated rings. The number of benzene rings is 1. The molecule has 106 valence electrons. The average Bonchev–Trinajstić information content (AvgIpc) is 2.85. The number of rotatable bonds is 5. The number of carboxylic acids is 1. The smallest absolute Gasteiger partial charge is 0.340 e. The second-order valence-corrected chi connectivity index (χ2v) is 5.13. The van der Waals surface area contributed by atoms with Gasteiger partial charge in [0.15, 0.2) is 5.16 Å². The lowest BCUT2D eigenvalue weighted by atomic mass is 10.2. The Morgan fingerprint density at radius 1 is 1.33 bits per heavy atom. The third-order valence-corrected chi connectivity index (χ3v) is 3.59. The Morgan fingerprint density at radius 3 is 2.67 bits per heavy atom. The summed E-state index contributed by atoms with van der Waals surface area (Å²) in [5, 5.41) is 9.77. The quantitative estimate of drug-likeness (QED) is 0.589. The molecule has 3 N–H and O–H groups in total. The lowest BCUT2D eigenvalue weighted by Gasteiger charge is -2.08. The van der Waals surface area contributed by atoms with Crippen molar-refractivity contribution in [2.45, 2.75) is 10.1 Å². The molecule has 0 spiro atoms. The van der Waals surface area contributed by atoms with E-state index in [1.807, 2.05) is 0 Å². The first-order chi connectivity index (χ1) is 10.1. The molecule has 0 unspecified atom stereocenters. The van der Waals surface area contributed by atoms with Crippen molar-refractivity contribution in [3.63, 3.8) is 0 Å². The van der Waals surface area contributed by atoms with E-state index >= 15 is 0 Å². The van der Waals surface area contributed by atoms with Gasteiger partial charge >= 0.3 is 17.1 Å². The molecule has 0 saturated carbocycles. The van der Waals surface area contributed by atoms with Gasteiger partial charge in [-0.05, 0) is 18.2 Å². The fourth-order valence-electron chi connectivity index (χ4n) is 1.64. The summed E-state index contributed by atoms with van der Waals surface area (Å²) in [7, 11) is 0. The summed E-state index contributed by atoms with van der Waals surface area (Å²) in [6.07, 6.45) is 3.26. The predicted molar refractivity (Wildman–Crippen MR) is 74.5 cm³/mol. The zero-order valence-corrected chi connectivity index (χ0v) is 11.2. The summed E-state index contributed by atoms with van der Waals surface area (Å²) in [6, 6.07) is 4.55. The minimum atomic E-state index is -1.16. The highest BCUT2D eigenvalue weighted by atomic mass is 32.2. The Balaban J connectivity index is 1.94. The van der Waals surface area contributed by atoms with Crippen molar-refractivity contribution in [2.24, 2.45) is 0 Å². The predicted octanol–water partition coefficient (Wildman–Crippen LogP) is 0.532. The van der Waals surface area contributed by atoms with Crippen LogP contribution < -0.4 is 16.5 Å². The maximum Gasteiger partial charge on any atom is 0.340 e. The molecule has 9 heteroatoms. The van der Waals surface area contributed by atoms with Gasteiger partial charge in [0.25, 0.3) is 0 Å². The van der Waals surface area contributed by atoms with Crippen LogP contribution in [0.25, 0.3) is 0 Å². The zero-order valence-electron chi connectivity index (χ0n) is 10.4. The molecule has 0 radical (unpaired) electrons. The highest BCUT2D eigenvalue weighted by Gasteiger charge is 2.19. The number of H-pyrrole nitrogens is 1. The maximum atomic E-state index is 11.2. The molecule has 3 aromatic rings. The Kier molecular flexibility index (Phi) is 3.10. The standard InChI is InChI=1S/C12H8N4O4S/c17-9-10(18)16(9)15-8-5-6(1-2-7(8)11(19)20)21-12-13-3-4-14-12/h1-5,15H,(H,13,14)(H,19,20). The molecule has 8 nitrogen and oxygen atoms in total. The van der Waals surface area contributed by atoms with Crippen LogP contribution in [0, 0.1) is 0 Å². The summed E-state index contributed by atoms with van der Waals surface area (Å²) in [5.41, 5.74) is 1.23. The number of aromatic amines is 1. The Labute approximate surface area is 121 Å². The van der Waals surface area contributed by atoms with E-state index in [2.05, 4.69) is 15.4 Å². The molecule has 0 aliphatic carbocycles. The van der Waals surface area contributed by atoms with Crippen LogP contribution in [0.1, 0.15) is 10.4 Å². The van der Waals surface area contributed by atoms with Crippen molar-refractivity contribution in [1.29, 1.82) is 0 Å². The van der Waals surface area contributed by atoms with E-state index in [0.29, 0.717) is 10.1 Å². The van der Waals surface area contributed by atoms with Crippen LogP contribution in [0.2, 0.25) is 0 Å². The topological polar surface area (TPSA) is 117 Å². The van der Waals surface area contributed by atoms with Crippen molar-refractivity contribution < 1.29 is 9.90 Å². The van der Waals surface area contributed by atoms with Gasteiger partial charge < -0.3 is 10.1 Å². The molecule has 21 heavy (non-hydrogen) atoms. The van der Waals surface area contributed by atoms with Gasteiger partial charge in [-0.3, -0.25) is 15.0 Å². The second-order valence-electron chi connectivity index (χ2n) is 4.07. The van der Waals surface area contributed by atoms with Crippen LogP contribution in [0.3, 0.4) is 0 Å². The number of nitrogens with one attached hydrogen (secondary N) is 2. The third-order valence-electron chi connectivity index (χ3n) is 2.68. The summed E-state index contributed by atoms with van der Waals surface area (Å²) < 4.78 is 0.753. The minimum Gasteiger partial charge on any atom is -0.478 e. The normalized spacial score (nSPS) is 10.9. The molecule has 0 bridgehead atoms. The zero-order chi connectivity index (χ0) is 15.0. The molecule has 0 saturated heterocycles. The molecule has 2 aromatic heterocycles. The molecule has 0 amide bonds. The van der Waals surface area contributed by atoms with E-state index in [1.54, 1.807) is 18.5 Å². The number of aromatic carboxylic acids is 1. The molecule has 0 aliphatic rings. The minimum absolute atomic E-state index is 0.0358. The number of anilines is 1. The molecule has 0 atom stereocenters. The monoisotopic (exact) mass is 304 g/mol. The number of hydrogen-bond acceptors (Lipinski definition) is 6. The van der Waals surface area contributed by atoms with Gasteiger partial charge in [0.2, 0.25) is 0 Å². The van der Waals surface area contributed by atoms with E-state index in [4.69, 9.17) is 5.11 Å². The van der Waals surface area contributed by atoms with Gasteiger partial charge in [-0.25, -0.2) is 9.78 Å². The number of carbonyl (C=O) groups is 1. The summed E-state index contributed by atoms with van der Waals surface area (Å²) in [4.78, 5) is 40.8. The van der Waals surface area contributed by atoms with Crippen LogP contribution >= 0.6 is 11.8 Å². The van der Waals surface area contributed by atoms with Crippen LogP contribution in [0.4, 0.5) is 5.69 Å². The lowest BCUT2D eigenvalue weighted by molar-refractivity contribution is 0.0698. The second kappa shape index (κ2) is 4.94. The fourth-order valence-corrected chi connectivity index (χ4v) is 2.42. The van der Waals surface area contributed by atoms with E-state index in [0.717, 1.165) is 4.68 Å². The van der Waals surface area contributed by atoms with Crippen molar-refractivity contribution in [3.05, 3.63) is 56.9 Å². The van der Waals surface area contributed by atoms with Gasteiger partial charge in [-0.2, -0.15) is 4.68 Å². The highest BCUT2D eigenvalue weighted by Crippen LogP contribution is 2.28. The molecule has 1 aromatic carbocycles. The Bertz CT molecular complexity index is 851.